The number of benzene rings is 1. The smallest absolute Gasteiger partial charge is 0.339 e. The van der Waals surface area contributed by atoms with Gasteiger partial charge in [-0.05, 0) is 48.7 Å². The third-order valence-corrected chi connectivity index (χ3v) is 4.20. The van der Waals surface area contributed by atoms with Crippen molar-refractivity contribution in [1.29, 1.82) is 0 Å². The van der Waals surface area contributed by atoms with Crippen LogP contribution in [0, 0.1) is 0 Å². The molecule has 0 fully saturated rings. The average molecular weight is 346 g/mol. The number of hydrogen-bond acceptors (Lipinski definition) is 6. The van der Waals surface area contributed by atoms with E-state index in [9.17, 15) is 9.59 Å². The third-order valence-electron chi connectivity index (χ3n) is 3.15. The van der Waals surface area contributed by atoms with E-state index in [4.69, 9.17) is 5.11 Å². The first-order valence-electron chi connectivity index (χ1n) is 7.38. The van der Waals surface area contributed by atoms with Gasteiger partial charge in [0.2, 0.25) is 0 Å². The summed E-state index contributed by atoms with van der Waals surface area (Å²) in [6.07, 6.45) is 2.37. The number of aromatic nitrogens is 1. The van der Waals surface area contributed by atoms with Crippen molar-refractivity contribution in [3.05, 3.63) is 53.7 Å². The van der Waals surface area contributed by atoms with Crippen LogP contribution in [0.1, 0.15) is 34.1 Å². The maximum absolute atomic E-state index is 11.5. The van der Waals surface area contributed by atoms with E-state index in [1.54, 1.807) is 30.3 Å². The van der Waals surface area contributed by atoms with Crippen molar-refractivity contribution in [2.75, 3.05) is 18.0 Å². The van der Waals surface area contributed by atoms with Gasteiger partial charge in [0.25, 0.3) is 0 Å². The maximum Gasteiger partial charge on any atom is 0.339 e. The molecule has 126 valence electrons. The zero-order valence-corrected chi connectivity index (χ0v) is 14.2. The lowest BCUT2D eigenvalue weighted by molar-refractivity contribution is 0.0599. The molecule has 7 heteroatoms. The number of aromatic carboxylic acids is 1. The highest BCUT2D eigenvalue weighted by molar-refractivity contribution is 8.00. The average Bonchev–Trinajstić information content (AvgIpc) is 2.61. The summed E-state index contributed by atoms with van der Waals surface area (Å²) in [5.41, 5.74) is 0.626. The summed E-state index contributed by atoms with van der Waals surface area (Å²) in [4.78, 5) is 27.7. The Hall–Kier alpha value is -2.54. The predicted octanol–water partition coefficient (Wildman–Crippen LogP) is 3.49. The minimum atomic E-state index is -0.958. The lowest BCUT2D eigenvalue weighted by Crippen LogP contribution is -2.17. The van der Waals surface area contributed by atoms with Gasteiger partial charge >= 0.3 is 11.9 Å². The number of carboxylic acids is 1. The van der Waals surface area contributed by atoms with Crippen molar-refractivity contribution < 1.29 is 19.4 Å². The first kappa shape index (κ1) is 17.8. The van der Waals surface area contributed by atoms with Gasteiger partial charge in [-0.2, -0.15) is 0 Å². The molecule has 0 aliphatic carbocycles. The summed E-state index contributed by atoms with van der Waals surface area (Å²) < 4.78 is 6.62. The molecule has 1 aromatic heterocycles. The summed E-state index contributed by atoms with van der Waals surface area (Å²) in [6, 6.07) is 10.1. The van der Waals surface area contributed by atoms with Crippen molar-refractivity contribution >= 4 is 29.7 Å². The van der Waals surface area contributed by atoms with Crippen LogP contribution in [0.2, 0.25) is 0 Å². The van der Waals surface area contributed by atoms with Crippen molar-refractivity contribution in [1.82, 2.24) is 4.98 Å². The number of nitrogens with zero attached hydrogens (tertiary/aromatic N) is 2. The minimum Gasteiger partial charge on any atom is -0.478 e. The van der Waals surface area contributed by atoms with Gasteiger partial charge in [0.05, 0.1) is 18.2 Å². The molecule has 0 atom stereocenters. The van der Waals surface area contributed by atoms with Crippen LogP contribution in [0.5, 0.6) is 0 Å². The van der Waals surface area contributed by atoms with Crippen LogP contribution in [0.15, 0.2) is 47.5 Å². The molecule has 0 unspecified atom stereocenters. The van der Waals surface area contributed by atoms with Gasteiger partial charge in [-0.3, -0.25) is 4.31 Å². The van der Waals surface area contributed by atoms with Gasteiger partial charge in [-0.1, -0.05) is 13.0 Å². The highest BCUT2D eigenvalue weighted by atomic mass is 32.2. The third kappa shape index (κ3) is 4.48. The minimum absolute atomic E-state index is 0.241. The SMILES string of the molecule is CCCN(Sc1cccc(C(=O)O)c1)c1ccc(C(=O)OC)cn1. The van der Waals surface area contributed by atoms with Crippen molar-refractivity contribution in [2.24, 2.45) is 0 Å². The molecule has 2 aromatic rings. The number of esters is 1. The van der Waals surface area contributed by atoms with Crippen LogP contribution >= 0.6 is 11.9 Å². The van der Waals surface area contributed by atoms with Crippen LogP contribution in [0.4, 0.5) is 5.82 Å². The van der Waals surface area contributed by atoms with E-state index >= 15 is 0 Å². The largest absolute Gasteiger partial charge is 0.478 e. The number of methoxy groups -OCH3 is 1. The summed E-state index contributed by atoms with van der Waals surface area (Å²) in [7, 11) is 1.32. The summed E-state index contributed by atoms with van der Waals surface area (Å²) in [6.45, 7) is 2.77. The van der Waals surface area contributed by atoms with E-state index in [1.807, 2.05) is 17.3 Å². The van der Waals surface area contributed by atoms with Crippen LogP contribution in [0.25, 0.3) is 0 Å². The second-order valence-corrected chi connectivity index (χ2v) is 6.02. The fourth-order valence-corrected chi connectivity index (χ4v) is 3.04. The molecule has 1 aromatic carbocycles. The van der Waals surface area contributed by atoms with Gasteiger partial charge in [-0.25, -0.2) is 14.6 Å². The molecule has 0 saturated heterocycles. The number of hydrogen-bond donors (Lipinski definition) is 1. The van der Waals surface area contributed by atoms with Gasteiger partial charge < -0.3 is 9.84 Å². The molecule has 0 spiro atoms. The number of rotatable bonds is 7. The normalized spacial score (nSPS) is 10.2. The maximum atomic E-state index is 11.5. The Morgan fingerprint density at radius 1 is 1.25 bits per heavy atom. The molecule has 1 heterocycles. The topological polar surface area (TPSA) is 79.7 Å². The van der Waals surface area contributed by atoms with Gasteiger partial charge in [0.1, 0.15) is 5.82 Å². The first-order valence-corrected chi connectivity index (χ1v) is 8.15. The molecule has 0 aliphatic heterocycles. The molecule has 0 aliphatic rings. The van der Waals surface area contributed by atoms with Crippen molar-refractivity contribution in [3.8, 4) is 0 Å². The molecular weight excluding hydrogens is 328 g/mol. The Bertz CT molecular complexity index is 719. The Kier molecular flexibility index (Phi) is 6.20. The van der Waals surface area contributed by atoms with Gasteiger partial charge in [0.15, 0.2) is 0 Å². The number of pyridine rings is 1. The molecule has 0 saturated carbocycles. The van der Waals surface area contributed by atoms with Crippen LogP contribution in [-0.4, -0.2) is 35.7 Å². The summed E-state index contributed by atoms with van der Waals surface area (Å²) in [5, 5.41) is 9.09. The van der Waals surface area contributed by atoms with E-state index in [0.717, 1.165) is 17.9 Å². The molecule has 24 heavy (non-hydrogen) atoms. The molecular formula is C17H18N2O4S. The Morgan fingerprint density at radius 2 is 2.04 bits per heavy atom. The van der Waals surface area contributed by atoms with Gasteiger partial charge in [-0.15, -0.1) is 0 Å². The van der Waals surface area contributed by atoms with E-state index in [1.165, 1.54) is 25.3 Å². The lowest BCUT2D eigenvalue weighted by Gasteiger charge is -2.21. The fourth-order valence-electron chi connectivity index (χ4n) is 2.00. The first-order chi connectivity index (χ1) is 11.5. The van der Waals surface area contributed by atoms with Crippen molar-refractivity contribution in [3.63, 3.8) is 0 Å². The van der Waals surface area contributed by atoms with E-state index in [0.29, 0.717) is 11.4 Å². The zero-order chi connectivity index (χ0) is 17.5. The number of carbonyl (C=O) groups excluding carboxylic acids is 1. The van der Waals surface area contributed by atoms with E-state index in [2.05, 4.69) is 9.72 Å². The standard InChI is InChI=1S/C17H18N2O4S/c1-3-9-19(15-8-7-13(11-18-15)17(22)23-2)24-14-6-4-5-12(10-14)16(20)21/h4-8,10-11H,3,9H2,1-2H3,(H,20,21). The Morgan fingerprint density at radius 3 is 2.62 bits per heavy atom. The molecule has 0 amide bonds. The fraction of sp³-hybridized carbons (Fsp3) is 0.235. The summed E-state index contributed by atoms with van der Waals surface area (Å²) >= 11 is 1.41. The lowest BCUT2D eigenvalue weighted by atomic mass is 10.2. The number of ether oxygens (including phenoxy) is 1. The van der Waals surface area contributed by atoms with Gasteiger partial charge in [0, 0.05) is 17.6 Å². The second-order valence-electron chi connectivity index (χ2n) is 4.92. The summed E-state index contributed by atoms with van der Waals surface area (Å²) in [5.74, 6) is -0.701. The predicted molar refractivity (Wildman–Crippen MR) is 92.5 cm³/mol. The van der Waals surface area contributed by atoms with Crippen LogP contribution in [-0.2, 0) is 4.74 Å². The number of carboxylic acid groups (broad SMARTS) is 1. The van der Waals surface area contributed by atoms with Crippen LogP contribution in [0.3, 0.4) is 0 Å². The van der Waals surface area contributed by atoms with E-state index < -0.39 is 11.9 Å². The highest BCUT2D eigenvalue weighted by Gasteiger charge is 2.13. The second kappa shape index (κ2) is 8.35. The monoisotopic (exact) mass is 346 g/mol. The Balaban J connectivity index is 2.21. The molecule has 2 rings (SSSR count). The molecule has 0 radical (unpaired) electrons. The molecule has 0 bridgehead atoms. The van der Waals surface area contributed by atoms with Crippen LogP contribution < -0.4 is 4.31 Å². The van der Waals surface area contributed by atoms with E-state index in [-0.39, 0.29) is 5.56 Å². The molecule has 6 nitrogen and oxygen atoms in total. The zero-order valence-electron chi connectivity index (χ0n) is 13.4. The van der Waals surface area contributed by atoms with Crippen molar-refractivity contribution in [2.45, 2.75) is 18.2 Å². The Labute approximate surface area is 144 Å². The number of carbonyl (C=O) groups is 2. The molecule has 1 N–H and O–H groups in total. The highest BCUT2D eigenvalue weighted by Crippen LogP contribution is 2.28. The quantitative estimate of drug-likeness (QED) is 0.607. The number of anilines is 1.